The fourth-order valence-electron chi connectivity index (χ4n) is 6.98. The van der Waals surface area contributed by atoms with E-state index in [1.807, 2.05) is 24.2 Å². The molecule has 10 nitrogen and oxygen atoms in total. The van der Waals surface area contributed by atoms with Gasteiger partial charge in [0.05, 0.1) is 24.9 Å². The number of pyridine rings is 2. The Hall–Kier alpha value is -3.37. The van der Waals surface area contributed by atoms with Gasteiger partial charge in [0.15, 0.2) is 5.82 Å². The van der Waals surface area contributed by atoms with Gasteiger partial charge in [-0.05, 0) is 56.8 Å². The lowest BCUT2D eigenvalue weighted by molar-refractivity contribution is -0.141. The minimum Gasteiger partial charge on any atom is -0.380 e. The van der Waals surface area contributed by atoms with E-state index in [9.17, 15) is 4.79 Å². The van der Waals surface area contributed by atoms with Crippen LogP contribution in [0.3, 0.4) is 0 Å². The van der Waals surface area contributed by atoms with Gasteiger partial charge in [-0.3, -0.25) is 9.69 Å². The van der Waals surface area contributed by atoms with Crippen molar-refractivity contribution in [1.29, 1.82) is 0 Å². The number of carbonyl (C=O) groups excluding carboxylic acids is 1. The second-order valence-corrected chi connectivity index (χ2v) is 11.8. The molecule has 5 aliphatic heterocycles. The van der Waals surface area contributed by atoms with E-state index in [0.29, 0.717) is 37.0 Å². The molecule has 4 saturated heterocycles. The number of carbonyl (C=O) groups is 1. The van der Waals surface area contributed by atoms with Crippen molar-refractivity contribution in [3.8, 4) is 0 Å². The van der Waals surface area contributed by atoms with Crippen molar-refractivity contribution in [2.24, 2.45) is 0 Å². The summed E-state index contributed by atoms with van der Waals surface area (Å²) in [5.74, 6) is 2.86. The zero-order valence-electron chi connectivity index (χ0n) is 22.3. The Balaban J connectivity index is 1.06. The number of anilines is 3. The van der Waals surface area contributed by atoms with Crippen LogP contribution in [0, 0.1) is 0 Å². The summed E-state index contributed by atoms with van der Waals surface area (Å²) in [7, 11) is 2.02. The molecule has 1 amide bonds. The summed E-state index contributed by atoms with van der Waals surface area (Å²) in [6, 6.07) is 7.34. The maximum atomic E-state index is 12.9. The van der Waals surface area contributed by atoms with Crippen molar-refractivity contribution in [3.05, 3.63) is 41.3 Å². The molecule has 0 aromatic carbocycles. The van der Waals surface area contributed by atoms with Gasteiger partial charge in [0.2, 0.25) is 11.9 Å². The third kappa shape index (κ3) is 3.95. The topological polar surface area (TPSA) is 99.6 Å². The van der Waals surface area contributed by atoms with Gasteiger partial charge in [-0.15, -0.1) is 0 Å². The number of ether oxygens (including phenoxy) is 1. The van der Waals surface area contributed by atoms with Crippen LogP contribution in [0.1, 0.15) is 55.0 Å². The number of nitrogens with zero attached hydrogens (tertiary/aromatic N) is 7. The number of nitrogens with one attached hydrogen (secondary N) is 1. The first-order chi connectivity index (χ1) is 19.1. The molecule has 3 aromatic rings. The van der Waals surface area contributed by atoms with Crippen LogP contribution in [0.5, 0.6) is 0 Å². The minimum absolute atomic E-state index is 0.0405. The lowest BCUT2D eigenvalue weighted by Gasteiger charge is -2.40. The largest absolute Gasteiger partial charge is 0.380 e. The summed E-state index contributed by atoms with van der Waals surface area (Å²) in [5, 5.41) is 4.38. The van der Waals surface area contributed by atoms with Gasteiger partial charge in [-0.25, -0.2) is 19.9 Å². The predicted molar refractivity (Wildman–Crippen MR) is 147 cm³/mol. The van der Waals surface area contributed by atoms with Crippen LogP contribution in [-0.2, 0) is 22.5 Å². The average molecular weight is 527 g/mol. The van der Waals surface area contributed by atoms with E-state index in [0.717, 1.165) is 72.1 Å². The lowest BCUT2D eigenvalue weighted by atomic mass is 10.00. The highest BCUT2D eigenvalue weighted by molar-refractivity contribution is 5.90. The Labute approximate surface area is 227 Å². The fraction of sp³-hybridized carbons (Fsp3) is 0.552. The lowest BCUT2D eigenvalue weighted by Crippen LogP contribution is -2.55. The summed E-state index contributed by atoms with van der Waals surface area (Å²) in [6.45, 7) is 3.81. The summed E-state index contributed by atoms with van der Waals surface area (Å²) >= 11 is 0. The molecule has 8 heterocycles. The van der Waals surface area contributed by atoms with Gasteiger partial charge < -0.3 is 19.9 Å². The number of fused-ring (bicyclic) bond motifs is 4. The smallest absolute Gasteiger partial charge is 0.240 e. The Morgan fingerprint density at radius 3 is 2.54 bits per heavy atom. The van der Waals surface area contributed by atoms with Crippen molar-refractivity contribution in [2.75, 3.05) is 43.6 Å². The van der Waals surface area contributed by atoms with Crippen molar-refractivity contribution in [1.82, 2.24) is 29.7 Å². The van der Waals surface area contributed by atoms with Gasteiger partial charge in [-0.2, -0.15) is 0 Å². The molecule has 202 valence electrons. The predicted octanol–water partition coefficient (Wildman–Crippen LogP) is 3.00. The Morgan fingerprint density at radius 1 is 1.03 bits per heavy atom. The summed E-state index contributed by atoms with van der Waals surface area (Å²) in [4.78, 5) is 39.2. The van der Waals surface area contributed by atoms with Crippen LogP contribution in [0.2, 0.25) is 0 Å². The number of aromatic nitrogens is 4. The van der Waals surface area contributed by atoms with Crippen molar-refractivity contribution in [2.45, 2.75) is 69.1 Å². The molecule has 1 atom stereocenters. The maximum Gasteiger partial charge on any atom is 0.240 e. The number of hydrogen-bond acceptors (Lipinski definition) is 9. The van der Waals surface area contributed by atoms with Gasteiger partial charge in [0.1, 0.15) is 11.3 Å². The minimum atomic E-state index is 0.0405. The Morgan fingerprint density at radius 2 is 1.85 bits per heavy atom. The normalized spacial score (nSPS) is 26.4. The molecule has 0 spiro atoms. The van der Waals surface area contributed by atoms with Gasteiger partial charge >= 0.3 is 0 Å². The van der Waals surface area contributed by atoms with Gasteiger partial charge in [0, 0.05) is 61.3 Å². The molecule has 10 heteroatoms. The van der Waals surface area contributed by atoms with E-state index < -0.39 is 0 Å². The van der Waals surface area contributed by atoms with Gasteiger partial charge in [-0.1, -0.05) is 6.07 Å². The zero-order valence-corrected chi connectivity index (χ0v) is 22.3. The molecule has 0 aliphatic carbocycles. The molecule has 0 radical (unpaired) electrons. The first-order valence-electron chi connectivity index (χ1n) is 14.4. The molecular formula is C29H34N8O2. The molecule has 0 saturated carbocycles. The molecule has 3 aromatic heterocycles. The fourth-order valence-corrected chi connectivity index (χ4v) is 6.98. The summed E-state index contributed by atoms with van der Waals surface area (Å²) in [6.07, 6.45) is 8.57. The van der Waals surface area contributed by atoms with Crippen molar-refractivity contribution in [3.63, 3.8) is 0 Å². The summed E-state index contributed by atoms with van der Waals surface area (Å²) in [5.41, 5.74) is 4.15. The number of hydrogen-bond donors (Lipinski definition) is 1. The standard InChI is InChI=1S/C29H34N8O2/c1-35-10-9-24(35)28(38)36-11-8-22-17(14-36)2-7-25(31-22)33-29-30-13-18-12-23(19-15-39-16-19)32-27(26(18)34-29)37-20-3-4-21(37)6-5-20/h2,7,12-13,19-21,24H,3-6,8-11,14-16H2,1H3,(H,30,31,33,34)/t20?,21?,24-/m1/s1. The molecule has 4 fully saturated rings. The van der Waals surface area contributed by atoms with Crippen LogP contribution >= 0.6 is 0 Å². The number of likely N-dealkylation sites (N-methyl/N-ethyl adjacent to an activating group) is 1. The monoisotopic (exact) mass is 526 g/mol. The number of likely N-dealkylation sites (tertiary alicyclic amines) is 1. The number of amides is 1. The zero-order chi connectivity index (χ0) is 26.1. The van der Waals surface area contributed by atoms with E-state index in [-0.39, 0.29) is 11.9 Å². The second kappa shape index (κ2) is 9.09. The molecule has 39 heavy (non-hydrogen) atoms. The maximum absolute atomic E-state index is 12.9. The van der Waals surface area contributed by atoms with Crippen LogP contribution < -0.4 is 10.2 Å². The quantitative estimate of drug-likeness (QED) is 0.538. The van der Waals surface area contributed by atoms with E-state index in [1.54, 1.807) is 0 Å². The third-order valence-corrected chi connectivity index (χ3v) is 9.49. The molecule has 2 bridgehead atoms. The Kier molecular flexibility index (Phi) is 5.48. The van der Waals surface area contributed by atoms with E-state index in [2.05, 4.69) is 32.2 Å². The average Bonchev–Trinajstić information content (AvgIpc) is 3.51. The van der Waals surface area contributed by atoms with Crippen LogP contribution in [0.25, 0.3) is 10.9 Å². The Bertz CT molecular complexity index is 1440. The van der Waals surface area contributed by atoms with Crippen LogP contribution in [-0.4, -0.2) is 87.1 Å². The van der Waals surface area contributed by atoms with Crippen LogP contribution in [0.15, 0.2) is 24.4 Å². The molecule has 5 aliphatic rings. The molecular weight excluding hydrogens is 492 g/mol. The van der Waals surface area contributed by atoms with E-state index in [1.165, 1.54) is 25.7 Å². The van der Waals surface area contributed by atoms with E-state index >= 15 is 0 Å². The highest BCUT2D eigenvalue weighted by atomic mass is 16.5. The van der Waals surface area contributed by atoms with Crippen molar-refractivity contribution < 1.29 is 9.53 Å². The van der Waals surface area contributed by atoms with Gasteiger partial charge in [0.25, 0.3) is 0 Å². The van der Waals surface area contributed by atoms with Crippen LogP contribution in [0.4, 0.5) is 17.6 Å². The first kappa shape index (κ1) is 23.5. The highest BCUT2D eigenvalue weighted by Crippen LogP contribution is 2.43. The van der Waals surface area contributed by atoms with E-state index in [4.69, 9.17) is 19.7 Å². The molecule has 0 unspecified atom stereocenters. The number of rotatable bonds is 5. The molecule has 8 rings (SSSR count). The first-order valence-corrected chi connectivity index (χ1v) is 14.4. The second-order valence-electron chi connectivity index (χ2n) is 11.8. The highest BCUT2D eigenvalue weighted by Gasteiger charge is 2.41. The molecule has 1 N–H and O–H groups in total. The SMILES string of the molecule is CN1CC[C@@H]1C(=O)N1CCc2nc(Nc3ncc4cc(C5COC5)nc(N5C6CCC5CC6)c4n3)ccc2C1. The third-order valence-electron chi connectivity index (χ3n) is 9.49. The van der Waals surface area contributed by atoms with Crippen molar-refractivity contribution >= 4 is 34.4 Å². The summed E-state index contributed by atoms with van der Waals surface area (Å²) < 4.78 is 5.46.